The van der Waals surface area contributed by atoms with E-state index >= 15 is 0 Å². The third kappa shape index (κ3) is 4.43. The minimum Gasteiger partial charge on any atom is -0.360 e. The van der Waals surface area contributed by atoms with Crippen molar-refractivity contribution in [2.24, 2.45) is 0 Å². The molecule has 2 aromatic heterocycles. The molecule has 0 unspecified atom stereocenters. The number of halogens is 1. The van der Waals surface area contributed by atoms with E-state index < -0.39 is 0 Å². The normalized spacial score (nSPS) is 14.8. The van der Waals surface area contributed by atoms with Crippen LogP contribution in [-0.2, 0) is 0 Å². The van der Waals surface area contributed by atoms with Crippen LogP contribution in [0.2, 0.25) is 5.02 Å². The van der Waals surface area contributed by atoms with Gasteiger partial charge in [-0.05, 0) is 51.1 Å². The highest BCUT2D eigenvalue weighted by Gasteiger charge is 2.25. The number of amides is 1. The molecule has 1 saturated heterocycles. The molecule has 7 nitrogen and oxygen atoms in total. The Hall–Kier alpha value is -2.90. The molecule has 0 atom stereocenters. The van der Waals surface area contributed by atoms with Crippen molar-refractivity contribution in [3.05, 3.63) is 69.7 Å². The fourth-order valence-electron chi connectivity index (χ4n) is 4.03. The Kier molecular flexibility index (Phi) is 5.98. The lowest BCUT2D eigenvalue weighted by Crippen LogP contribution is -2.49. The van der Waals surface area contributed by atoms with Crippen LogP contribution in [0.15, 0.2) is 40.9 Å². The number of hydrogen-bond acceptors (Lipinski definition) is 5. The van der Waals surface area contributed by atoms with E-state index in [2.05, 4.69) is 10.1 Å². The van der Waals surface area contributed by atoms with Crippen LogP contribution in [-0.4, -0.2) is 63.9 Å². The minimum absolute atomic E-state index is 0.00547. The number of piperazine rings is 1. The van der Waals surface area contributed by atoms with Crippen molar-refractivity contribution in [2.75, 3.05) is 32.7 Å². The lowest BCUT2D eigenvalue weighted by molar-refractivity contribution is 0.0624. The number of benzene rings is 1. The van der Waals surface area contributed by atoms with Crippen LogP contribution in [0.5, 0.6) is 0 Å². The number of nitrogens with zero attached hydrogens (tertiary/aromatic N) is 4. The molecule has 0 saturated carbocycles. The maximum absolute atomic E-state index is 13.0. The second-order valence-corrected chi connectivity index (χ2v) is 8.35. The largest absolute Gasteiger partial charge is 0.360 e. The van der Waals surface area contributed by atoms with Crippen LogP contribution in [0.3, 0.4) is 0 Å². The first kappa shape index (κ1) is 21.3. The van der Waals surface area contributed by atoms with Gasteiger partial charge in [-0.2, -0.15) is 0 Å². The minimum atomic E-state index is -0.00547. The van der Waals surface area contributed by atoms with Gasteiger partial charge in [-0.15, -0.1) is 0 Å². The second kappa shape index (κ2) is 8.69. The van der Waals surface area contributed by atoms with Gasteiger partial charge in [0.25, 0.3) is 5.91 Å². The average Bonchev–Trinajstić information content (AvgIpc) is 3.30. The van der Waals surface area contributed by atoms with Gasteiger partial charge in [-0.25, -0.2) is 0 Å². The van der Waals surface area contributed by atoms with E-state index in [0.717, 1.165) is 17.1 Å². The van der Waals surface area contributed by atoms with Crippen LogP contribution in [0.25, 0.3) is 5.82 Å². The predicted octanol–water partition coefficient (Wildman–Crippen LogP) is 3.68. The number of aryl methyl sites for hydroxylation is 2. The van der Waals surface area contributed by atoms with Crippen LogP contribution < -0.4 is 0 Å². The molecule has 1 aliphatic heterocycles. The number of aromatic nitrogens is 2. The Balaban J connectivity index is 1.38. The Morgan fingerprint density at radius 1 is 1.03 bits per heavy atom. The van der Waals surface area contributed by atoms with Gasteiger partial charge in [-0.1, -0.05) is 16.8 Å². The monoisotopic (exact) mass is 440 g/mol. The molecule has 1 aromatic carbocycles. The molecule has 3 heterocycles. The highest BCUT2D eigenvalue weighted by Crippen LogP contribution is 2.22. The van der Waals surface area contributed by atoms with E-state index in [9.17, 15) is 9.59 Å². The number of carbonyl (C=O) groups is 2. The average molecular weight is 441 g/mol. The molecule has 0 N–H and O–H groups in total. The fraction of sp³-hybridized carbons (Fsp3) is 0.348. The number of ketones is 1. The van der Waals surface area contributed by atoms with Gasteiger partial charge in [0.1, 0.15) is 5.76 Å². The molecule has 1 aliphatic rings. The predicted molar refractivity (Wildman–Crippen MR) is 118 cm³/mol. The molecule has 0 aliphatic carbocycles. The summed E-state index contributed by atoms with van der Waals surface area (Å²) in [7, 11) is 0. The first-order valence-electron chi connectivity index (χ1n) is 10.3. The maximum Gasteiger partial charge on any atom is 0.253 e. The molecule has 1 amide bonds. The second-order valence-electron chi connectivity index (χ2n) is 7.91. The van der Waals surface area contributed by atoms with Crippen molar-refractivity contribution < 1.29 is 14.1 Å². The zero-order valence-corrected chi connectivity index (χ0v) is 18.6. The molecule has 0 radical (unpaired) electrons. The Morgan fingerprint density at radius 3 is 2.32 bits per heavy atom. The van der Waals surface area contributed by atoms with Gasteiger partial charge in [-0.3, -0.25) is 19.1 Å². The molecule has 4 rings (SSSR count). The number of carbonyl (C=O) groups excluding carboxylic acids is 2. The molecule has 0 spiro atoms. The lowest BCUT2D eigenvalue weighted by atomic mass is 10.1. The van der Waals surface area contributed by atoms with Crippen molar-refractivity contribution >= 4 is 23.3 Å². The fourth-order valence-corrected chi connectivity index (χ4v) is 4.15. The van der Waals surface area contributed by atoms with E-state index in [0.29, 0.717) is 54.7 Å². The summed E-state index contributed by atoms with van der Waals surface area (Å²) in [4.78, 5) is 29.6. The van der Waals surface area contributed by atoms with Crippen LogP contribution in [0, 0.1) is 20.8 Å². The van der Waals surface area contributed by atoms with E-state index in [1.54, 1.807) is 24.3 Å². The number of rotatable bonds is 5. The summed E-state index contributed by atoms with van der Waals surface area (Å²) < 4.78 is 7.12. The van der Waals surface area contributed by atoms with Gasteiger partial charge in [0.15, 0.2) is 11.6 Å². The van der Waals surface area contributed by atoms with Gasteiger partial charge in [0.05, 0.1) is 6.54 Å². The summed E-state index contributed by atoms with van der Waals surface area (Å²) in [5.41, 5.74) is 3.11. The standard InChI is InChI=1S/C23H25ClN4O3/c1-15-12-20(17(3)28(15)22-13-16(2)31-25-22)21(29)14-26-8-10-27(11-9-26)23(30)18-4-6-19(24)7-5-18/h4-7,12-13H,8-11,14H2,1-3H3. The lowest BCUT2D eigenvalue weighted by Gasteiger charge is -2.34. The van der Waals surface area contributed by atoms with Crippen molar-refractivity contribution in [2.45, 2.75) is 20.8 Å². The molecule has 162 valence electrons. The van der Waals surface area contributed by atoms with Crippen molar-refractivity contribution in [1.29, 1.82) is 0 Å². The first-order chi connectivity index (χ1) is 14.8. The Bertz CT molecular complexity index is 1110. The van der Waals surface area contributed by atoms with Crippen LogP contribution in [0.4, 0.5) is 0 Å². The molecule has 0 bridgehead atoms. The summed E-state index contributed by atoms with van der Waals surface area (Å²) in [5, 5.41) is 4.68. The molecule has 1 fully saturated rings. The van der Waals surface area contributed by atoms with Crippen molar-refractivity contribution in [3.63, 3.8) is 0 Å². The summed E-state index contributed by atoms with van der Waals surface area (Å²) >= 11 is 5.91. The third-order valence-corrected chi connectivity index (χ3v) is 5.95. The van der Waals surface area contributed by atoms with Crippen molar-refractivity contribution in [3.8, 4) is 5.82 Å². The van der Waals surface area contributed by atoms with Crippen molar-refractivity contribution in [1.82, 2.24) is 19.5 Å². The maximum atomic E-state index is 13.0. The van der Waals surface area contributed by atoms with E-state index in [1.165, 1.54) is 0 Å². The highest BCUT2D eigenvalue weighted by molar-refractivity contribution is 6.30. The molecule has 3 aromatic rings. The van der Waals surface area contributed by atoms with E-state index in [4.69, 9.17) is 16.1 Å². The summed E-state index contributed by atoms with van der Waals surface area (Å²) in [6.45, 7) is 8.54. The number of Topliss-reactive ketones (excluding diaryl/α,β-unsaturated/α-hetero) is 1. The van der Waals surface area contributed by atoms with Crippen LogP contribution in [0.1, 0.15) is 37.9 Å². The number of hydrogen-bond donors (Lipinski definition) is 0. The van der Waals surface area contributed by atoms with Gasteiger partial charge >= 0.3 is 0 Å². The Labute approximate surface area is 186 Å². The summed E-state index contributed by atoms with van der Waals surface area (Å²) in [6, 6.07) is 10.7. The zero-order valence-electron chi connectivity index (χ0n) is 17.9. The SMILES string of the molecule is Cc1cc(-n2c(C)cc(C(=O)CN3CCN(C(=O)c4ccc(Cl)cc4)CC3)c2C)no1. The van der Waals surface area contributed by atoms with Gasteiger partial charge < -0.3 is 9.42 Å². The van der Waals surface area contributed by atoms with Gasteiger partial charge in [0.2, 0.25) is 0 Å². The first-order valence-corrected chi connectivity index (χ1v) is 10.6. The topological polar surface area (TPSA) is 71.6 Å². The summed E-state index contributed by atoms with van der Waals surface area (Å²) in [6.07, 6.45) is 0. The quantitative estimate of drug-likeness (QED) is 0.566. The molecular weight excluding hydrogens is 416 g/mol. The molecule has 8 heteroatoms. The van der Waals surface area contributed by atoms with E-state index in [1.807, 2.05) is 42.4 Å². The highest BCUT2D eigenvalue weighted by atomic mass is 35.5. The molecular formula is C23H25ClN4O3. The third-order valence-electron chi connectivity index (χ3n) is 5.69. The summed E-state index contributed by atoms with van der Waals surface area (Å²) in [5.74, 6) is 1.47. The molecule has 31 heavy (non-hydrogen) atoms. The van der Waals surface area contributed by atoms with Gasteiger partial charge in [0, 0.05) is 59.8 Å². The Morgan fingerprint density at radius 2 is 1.71 bits per heavy atom. The van der Waals surface area contributed by atoms with E-state index in [-0.39, 0.29) is 11.7 Å². The smallest absolute Gasteiger partial charge is 0.253 e. The van der Waals surface area contributed by atoms with Crippen LogP contribution >= 0.6 is 11.6 Å². The zero-order chi connectivity index (χ0) is 22.1.